The molecule has 0 aliphatic heterocycles. The number of aryl methyl sites for hydroxylation is 1. The lowest BCUT2D eigenvalue weighted by molar-refractivity contribution is 0.0940. The molecule has 1 unspecified atom stereocenters. The van der Waals surface area contributed by atoms with Crippen LogP contribution in [0.25, 0.3) is 22.2 Å². The Morgan fingerprint density at radius 2 is 1.90 bits per heavy atom. The number of hydrogen-bond donors (Lipinski definition) is 2. The summed E-state index contributed by atoms with van der Waals surface area (Å²) in [7, 11) is 0. The maximum absolute atomic E-state index is 14.1. The van der Waals surface area contributed by atoms with Crippen molar-refractivity contribution in [2.75, 3.05) is 5.73 Å². The highest BCUT2D eigenvalue weighted by Crippen LogP contribution is 2.22. The number of hydrogen-bond acceptors (Lipinski definition) is 8. The predicted octanol–water partition coefficient (Wildman–Crippen LogP) is 3.67. The van der Waals surface area contributed by atoms with Gasteiger partial charge in [-0.1, -0.05) is 30.2 Å². The minimum atomic E-state index is -0.683. The van der Waals surface area contributed by atoms with Crippen LogP contribution >= 0.6 is 11.3 Å². The summed E-state index contributed by atoms with van der Waals surface area (Å²) in [5.41, 5.74) is 10.5. The van der Waals surface area contributed by atoms with Gasteiger partial charge in [0.2, 0.25) is 0 Å². The SMILES string of the molecule is Cc1ncsc1C#Cc1cccc2nc(C(C)NC(=O)c3c(N)nn4cccnc34)n(-c3ccccc3)c(=O)c12. The fourth-order valence-corrected chi connectivity index (χ4v) is 5.12. The summed E-state index contributed by atoms with van der Waals surface area (Å²) in [6.07, 6.45) is 3.22. The summed E-state index contributed by atoms with van der Waals surface area (Å²) in [5, 5.41) is 7.49. The minimum Gasteiger partial charge on any atom is -0.381 e. The molecule has 4 heterocycles. The normalized spacial score (nSPS) is 11.8. The maximum atomic E-state index is 14.1. The number of thiazole rings is 1. The van der Waals surface area contributed by atoms with E-state index in [1.54, 1.807) is 43.0 Å². The number of nitrogen functional groups attached to an aromatic ring is 1. The van der Waals surface area contributed by atoms with Crippen molar-refractivity contribution >= 4 is 39.6 Å². The van der Waals surface area contributed by atoms with E-state index in [0.717, 1.165) is 10.6 Å². The second-order valence-corrected chi connectivity index (χ2v) is 9.86. The molecule has 0 saturated heterocycles. The topological polar surface area (TPSA) is 133 Å². The molecule has 6 aromatic rings. The van der Waals surface area contributed by atoms with E-state index in [0.29, 0.717) is 33.6 Å². The van der Waals surface area contributed by atoms with Gasteiger partial charge in [-0.2, -0.15) is 0 Å². The maximum Gasteiger partial charge on any atom is 0.267 e. The summed E-state index contributed by atoms with van der Waals surface area (Å²) < 4.78 is 2.95. The van der Waals surface area contributed by atoms with Crippen molar-refractivity contribution in [3.8, 4) is 17.5 Å². The number of anilines is 1. The molecular formula is C29H22N8O2S. The molecule has 0 bridgehead atoms. The Bertz CT molecular complexity index is 2030. The Hall–Kier alpha value is -5.34. The van der Waals surface area contributed by atoms with Gasteiger partial charge in [0.1, 0.15) is 11.4 Å². The monoisotopic (exact) mass is 546 g/mol. The van der Waals surface area contributed by atoms with Gasteiger partial charge < -0.3 is 11.1 Å². The van der Waals surface area contributed by atoms with Gasteiger partial charge in [-0.15, -0.1) is 16.4 Å². The Morgan fingerprint density at radius 1 is 1.07 bits per heavy atom. The Balaban J connectivity index is 1.48. The van der Waals surface area contributed by atoms with Gasteiger partial charge in [-0.25, -0.2) is 19.5 Å². The van der Waals surface area contributed by atoms with E-state index in [2.05, 4.69) is 32.2 Å². The average molecular weight is 547 g/mol. The lowest BCUT2D eigenvalue weighted by atomic mass is 10.1. The van der Waals surface area contributed by atoms with Gasteiger partial charge in [0.05, 0.1) is 38.7 Å². The molecule has 11 heteroatoms. The highest BCUT2D eigenvalue weighted by Gasteiger charge is 2.24. The van der Waals surface area contributed by atoms with Crippen molar-refractivity contribution in [3.63, 3.8) is 0 Å². The molecule has 3 N–H and O–H groups in total. The molecule has 10 nitrogen and oxygen atoms in total. The number of nitrogens with two attached hydrogens (primary N) is 1. The highest BCUT2D eigenvalue weighted by molar-refractivity contribution is 7.10. The molecule has 1 amide bonds. The summed E-state index contributed by atoms with van der Waals surface area (Å²) in [6, 6.07) is 15.6. The number of rotatable bonds is 4. The number of carbonyl (C=O) groups is 1. The second kappa shape index (κ2) is 10.1. The number of nitrogens with zero attached hydrogens (tertiary/aromatic N) is 6. The lowest BCUT2D eigenvalue weighted by Crippen LogP contribution is -2.33. The van der Waals surface area contributed by atoms with Crippen LogP contribution in [0.4, 0.5) is 5.82 Å². The number of benzene rings is 2. The van der Waals surface area contributed by atoms with E-state index in [1.807, 2.05) is 43.3 Å². The zero-order valence-corrected chi connectivity index (χ0v) is 22.3. The van der Waals surface area contributed by atoms with Gasteiger partial charge in [-0.3, -0.25) is 14.2 Å². The smallest absolute Gasteiger partial charge is 0.267 e. The van der Waals surface area contributed by atoms with Gasteiger partial charge in [0, 0.05) is 18.0 Å². The first-order chi connectivity index (χ1) is 19.4. The minimum absolute atomic E-state index is 0.0507. The number of para-hydroxylation sites is 1. The van der Waals surface area contributed by atoms with E-state index in [1.165, 1.54) is 20.4 Å². The molecule has 0 spiro atoms. The molecule has 0 aliphatic rings. The third-order valence-corrected chi connectivity index (χ3v) is 7.22. The van der Waals surface area contributed by atoms with E-state index >= 15 is 0 Å². The summed E-state index contributed by atoms with van der Waals surface area (Å²) in [4.78, 5) is 41.7. The van der Waals surface area contributed by atoms with Crippen LogP contribution in [0.5, 0.6) is 0 Å². The number of nitrogens with one attached hydrogen (secondary N) is 1. The molecule has 0 saturated carbocycles. The van der Waals surface area contributed by atoms with Crippen LogP contribution in [0.2, 0.25) is 0 Å². The number of aromatic nitrogens is 6. The Labute approximate surface area is 232 Å². The average Bonchev–Trinajstić information content (AvgIpc) is 3.53. The van der Waals surface area contributed by atoms with Crippen molar-refractivity contribution in [1.29, 1.82) is 0 Å². The Morgan fingerprint density at radius 3 is 2.67 bits per heavy atom. The first-order valence-corrected chi connectivity index (χ1v) is 13.2. The molecule has 0 aliphatic carbocycles. The fourth-order valence-electron chi connectivity index (χ4n) is 4.47. The lowest BCUT2D eigenvalue weighted by Gasteiger charge is -2.20. The third-order valence-electron chi connectivity index (χ3n) is 6.38. The highest BCUT2D eigenvalue weighted by atomic mass is 32.1. The fraction of sp³-hybridized carbons (Fsp3) is 0.103. The van der Waals surface area contributed by atoms with E-state index in [4.69, 9.17) is 10.7 Å². The van der Waals surface area contributed by atoms with Crippen molar-refractivity contribution < 1.29 is 4.79 Å². The van der Waals surface area contributed by atoms with Crippen molar-refractivity contribution in [2.45, 2.75) is 19.9 Å². The molecular weight excluding hydrogens is 524 g/mol. The largest absolute Gasteiger partial charge is 0.381 e. The molecule has 1 atom stereocenters. The van der Waals surface area contributed by atoms with Crippen LogP contribution in [-0.2, 0) is 0 Å². The van der Waals surface area contributed by atoms with Crippen molar-refractivity contribution in [1.82, 2.24) is 34.4 Å². The van der Waals surface area contributed by atoms with Crippen LogP contribution in [0.3, 0.4) is 0 Å². The molecule has 2 aromatic carbocycles. The second-order valence-electron chi connectivity index (χ2n) is 9.01. The number of amides is 1. The summed E-state index contributed by atoms with van der Waals surface area (Å²) in [6.45, 7) is 3.66. The molecule has 196 valence electrons. The van der Waals surface area contributed by atoms with Crippen LogP contribution in [0.15, 0.2) is 77.3 Å². The first kappa shape index (κ1) is 25.0. The van der Waals surface area contributed by atoms with Crippen molar-refractivity contribution in [3.05, 3.63) is 110 Å². The van der Waals surface area contributed by atoms with Gasteiger partial charge >= 0.3 is 0 Å². The molecule has 4 aromatic heterocycles. The third kappa shape index (κ3) is 4.36. The molecule has 6 rings (SSSR count). The van der Waals surface area contributed by atoms with Gasteiger partial charge in [-0.05, 0) is 50.1 Å². The molecule has 40 heavy (non-hydrogen) atoms. The van der Waals surface area contributed by atoms with Crippen LogP contribution < -0.4 is 16.6 Å². The molecule has 0 radical (unpaired) electrons. The number of fused-ring (bicyclic) bond motifs is 2. The summed E-state index contributed by atoms with van der Waals surface area (Å²) >= 11 is 1.45. The van der Waals surface area contributed by atoms with Crippen LogP contribution in [-0.4, -0.2) is 35.0 Å². The quantitative estimate of drug-likeness (QED) is 0.322. The van der Waals surface area contributed by atoms with Gasteiger partial charge in [0.25, 0.3) is 11.5 Å². The van der Waals surface area contributed by atoms with E-state index < -0.39 is 11.9 Å². The van der Waals surface area contributed by atoms with Crippen LogP contribution in [0, 0.1) is 18.8 Å². The zero-order chi connectivity index (χ0) is 27.8. The number of carbonyl (C=O) groups excluding carboxylic acids is 1. The first-order valence-electron chi connectivity index (χ1n) is 12.3. The van der Waals surface area contributed by atoms with Crippen molar-refractivity contribution in [2.24, 2.45) is 0 Å². The standard InChI is InChI=1S/C29H22N8O2S/c1-17-22(40-16-32-17)13-12-19-8-6-11-21-23(19)29(39)37(20-9-4-3-5-10-20)26(34-21)18(2)33-28(38)24-25(30)35-36-15-7-14-31-27(24)36/h3-11,14-16,18H,1-2H3,(H2,30,35)(H,33,38). The van der Waals surface area contributed by atoms with E-state index in [-0.39, 0.29) is 16.9 Å². The summed E-state index contributed by atoms with van der Waals surface area (Å²) in [5.74, 6) is 6.20. The molecule has 0 fully saturated rings. The zero-order valence-electron chi connectivity index (χ0n) is 21.5. The van der Waals surface area contributed by atoms with Crippen LogP contribution in [0.1, 0.15) is 45.3 Å². The van der Waals surface area contributed by atoms with E-state index in [9.17, 15) is 9.59 Å². The van der Waals surface area contributed by atoms with Gasteiger partial charge in [0.15, 0.2) is 11.5 Å². The predicted molar refractivity (Wildman–Crippen MR) is 153 cm³/mol. The Kier molecular flexibility index (Phi) is 6.30.